The van der Waals surface area contributed by atoms with E-state index in [4.69, 9.17) is 10.5 Å². The Kier molecular flexibility index (Phi) is 4.02. The number of carbonyl (C=O) groups is 1. The third-order valence-electron chi connectivity index (χ3n) is 3.89. The van der Waals surface area contributed by atoms with Gasteiger partial charge in [0.15, 0.2) is 0 Å². The maximum Gasteiger partial charge on any atom is 0.140 e. The number of hydrogen-bond donors (Lipinski definition) is 1. The number of benzene rings is 2. The van der Waals surface area contributed by atoms with Gasteiger partial charge in [0.05, 0.1) is 12.7 Å². The molecule has 108 valence electrons. The summed E-state index contributed by atoms with van der Waals surface area (Å²) in [5, 5.41) is 0. The van der Waals surface area contributed by atoms with Gasteiger partial charge in [-0.05, 0) is 35.2 Å². The molecule has 0 aliphatic carbocycles. The minimum atomic E-state index is -0.101. The van der Waals surface area contributed by atoms with E-state index in [0.717, 1.165) is 23.2 Å². The van der Waals surface area contributed by atoms with Crippen LogP contribution in [-0.2, 0) is 22.4 Å². The molecule has 0 fully saturated rings. The Labute approximate surface area is 124 Å². The lowest BCUT2D eigenvalue weighted by Gasteiger charge is -2.25. The van der Waals surface area contributed by atoms with E-state index >= 15 is 0 Å². The predicted molar refractivity (Wildman–Crippen MR) is 83.0 cm³/mol. The van der Waals surface area contributed by atoms with Gasteiger partial charge < -0.3 is 10.5 Å². The summed E-state index contributed by atoms with van der Waals surface area (Å²) in [5.41, 5.74) is 9.83. The molecule has 2 aromatic carbocycles. The number of nitrogens with two attached hydrogens (primary N) is 1. The molecule has 0 bridgehead atoms. The number of carbonyl (C=O) groups excluding carboxylic acids is 1. The molecule has 1 aliphatic rings. The smallest absolute Gasteiger partial charge is 0.140 e. The van der Waals surface area contributed by atoms with Crippen LogP contribution >= 0.6 is 0 Å². The highest BCUT2D eigenvalue weighted by atomic mass is 16.5. The van der Waals surface area contributed by atoms with Crippen molar-refractivity contribution in [3.05, 3.63) is 65.2 Å². The van der Waals surface area contributed by atoms with Gasteiger partial charge in [-0.2, -0.15) is 0 Å². The number of hydrogen-bond acceptors (Lipinski definition) is 3. The molecular weight excluding hydrogens is 262 g/mol. The van der Waals surface area contributed by atoms with Gasteiger partial charge in [-0.3, -0.25) is 4.79 Å². The molecule has 3 rings (SSSR count). The van der Waals surface area contributed by atoms with Crippen molar-refractivity contribution in [2.75, 3.05) is 12.3 Å². The highest BCUT2D eigenvalue weighted by Crippen LogP contribution is 2.29. The summed E-state index contributed by atoms with van der Waals surface area (Å²) in [6, 6.07) is 15.7. The highest BCUT2D eigenvalue weighted by Gasteiger charge is 2.22. The van der Waals surface area contributed by atoms with Crippen LogP contribution in [0, 0.1) is 0 Å². The van der Waals surface area contributed by atoms with Gasteiger partial charge in [0, 0.05) is 18.5 Å². The molecule has 0 amide bonds. The van der Waals surface area contributed by atoms with Crippen LogP contribution in [0.2, 0.25) is 0 Å². The van der Waals surface area contributed by atoms with Gasteiger partial charge >= 0.3 is 0 Å². The Hall–Kier alpha value is -2.13. The molecule has 2 aromatic rings. The van der Waals surface area contributed by atoms with Crippen LogP contribution in [-0.4, -0.2) is 12.4 Å². The van der Waals surface area contributed by atoms with Crippen LogP contribution in [0.25, 0.3) is 0 Å². The Morgan fingerprint density at radius 2 is 1.90 bits per heavy atom. The van der Waals surface area contributed by atoms with Crippen molar-refractivity contribution >= 4 is 11.5 Å². The molecule has 1 aliphatic heterocycles. The number of nitrogen functional groups attached to an aromatic ring is 1. The van der Waals surface area contributed by atoms with Gasteiger partial charge in [-0.25, -0.2) is 0 Å². The van der Waals surface area contributed by atoms with Crippen molar-refractivity contribution in [2.45, 2.75) is 25.4 Å². The van der Waals surface area contributed by atoms with Crippen LogP contribution in [0.5, 0.6) is 0 Å². The van der Waals surface area contributed by atoms with E-state index < -0.39 is 0 Å². The Morgan fingerprint density at radius 1 is 1.14 bits per heavy atom. The maximum atomic E-state index is 12.3. The van der Waals surface area contributed by atoms with Crippen molar-refractivity contribution < 1.29 is 9.53 Å². The first-order chi connectivity index (χ1) is 10.2. The van der Waals surface area contributed by atoms with Crippen molar-refractivity contribution in [3.63, 3.8) is 0 Å². The average molecular weight is 281 g/mol. The summed E-state index contributed by atoms with van der Waals surface area (Å²) in [5.74, 6) is 0.196. The fourth-order valence-corrected chi connectivity index (χ4v) is 2.79. The summed E-state index contributed by atoms with van der Waals surface area (Å²) in [4.78, 5) is 12.3. The molecule has 0 saturated carbocycles. The molecule has 21 heavy (non-hydrogen) atoms. The lowest BCUT2D eigenvalue weighted by atomic mass is 9.93. The molecule has 1 unspecified atom stereocenters. The molecule has 1 heterocycles. The normalized spacial score (nSPS) is 17.2. The van der Waals surface area contributed by atoms with E-state index in [1.54, 1.807) is 0 Å². The van der Waals surface area contributed by atoms with Crippen molar-refractivity contribution in [2.24, 2.45) is 0 Å². The second-order valence-corrected chi connectivity index (χ2v) is 5.47. The standard InChI is InChI=1S/C18H19NO2/c19-15-7-5-13(6-8-15)11-16(20)12-18-17-4-2-1-3-14(17)9-10-21-18/h1-8,18H,9-12,19H2. The van der Waals surface area contributed by atoms with Gasteiger partial charge in [0.25, 0.3) is 0 Å². The minimum absolute atomic E-state index is 0.101. The Morgan fingerprint density at radius 3 is 2.71 bits per heavy atom. The molecule has 0 radical (unpaired) electrons. The highest BCUT2D eigenvalue weighted by molar-refractivity contribution is 5.81. The van der Waals surface area contributed by atoms with E-state index in [2.05, 4.69) is 12.1 Å². The lowest BCUT2D eigenvalue weighted by Crippen LogP contribution is -2.19. The first kappa shape index (κ1) is 13.8. The van der Waals surface area contributed by atoms with Gasteiger partial charge in [-0.15, -0.1) is 0 Å². The topological polar surface area (TPSA) is 52.3 Å². The second-order valence-electron chi connectivity index (χ2n) is 5.47. The Bertz CT molecular complexity index is 634. The molecule has 3 nitrogen and oxygen atoms in total. The van der Waals surface area contributed by atoms with Gasteiger partial charge in [0.1, 0.15) is 5.78 Å². The summed E-state index contributed by atoms with van der Waals surface area (Å²) in [6.45, 7) is 0.691. The zero-order chi connectivity index (χ0) is 14.7. The number of rotatable bonds is 4. The van der Waals surface area contributed by atoms with Crippen molar-refractivity contribution in [3.8, 4) is 0 Å². The van der Waals surface area contributed by atoms with E-state index in [0.29, 0.717) is 19.4 Å². The minimum Gasteiger partial charge on any atom is -0.399 e. The van der Waals surface area contributed by atoms with Crippen LogP contribution in [0.3, 0.4) is 0 Å². The second kappa shape index (κ2) is 6.10. The number of ketones is 1. The zero-order valence-corrected chi connectivity index (χ0v) is 11.9. The monoisotopic (exact) mass is 281 g/mol. The Balaban J connectivity index is 1.67. The summed E-state index contributed by atoms with van der Waals surface area (Å²) < 4.78 is 5.79. The molecule has 3 heteroatoms. The number of fused-ring (bicyclic) bond motifs is 1. The first-order valence-corrected chi connectivity index (χ1v) is 7.28. The lowest BCUT2D eigenvalue weighted by molar-refractivity contribution is -0.121. The fraction of sp³-hybridized carbons (Fsp3) is 0.278. The SMILES string of the molecule is Nc1ccc(CC(=O)CC2OCCc3ccccc32)cc1. The summed E-state index contributed by atoms with van der Waals surface area (Å²) in [7, 11) is 0. The third kappa shape index (κ3) is 3.31. The maximum absolute atomic E-state index is 12.3. The van der Waals surface area contributed by atoms with Crippen LogP contribution in [0.1, 0.15) is 29.2 Å². The van der Waals surface area contributed by atoms with Crippen LogP contribution < -0.4 is 5.73 Å². The van der Waals surface area contributed by atoms with Gasteiger partial charge in [0.2, 0.25) is 0 Å². The van der Waals surface area contributed by atoms with Gasteiger partial charge in [-0.1, -0.05) is 36.4 Å². The average Bonchev–Trinajstić information content (AvgIpc) is 2.50. The van der Waals surface area contributed by atoms with Crippen LogP contribution in [0.4, 0.5) is 5.69 Å². The zero-order valence-electron chi connectivity index (χ0n) is 11.9. The van der Waals surface area contributed by atoms with E-state index in [1.807, 2.05) is 36.4 Å². The first-order valence-electron chi connectivity index (χ1n) is 7.28. The molecule has 0 spiro atoms. The quantitative estimate of drug-likeness (QED) is 0.876. The van der Waals surface area contributed by atoms with E-state index in [1.165, 1.54) is 5.56 Å². The van der Waals surface area contributed by atoms with Crippen LogP contribution in [0.15, 0.2) is 48.5 Å². The van der Waals surface area contributed by atoms with E-state index in [9.17, 15) is 4.79 Å². The number of ether oxygens (including phenoxy) is 1. The molecule has 2 N–H and O–H groups in total. The largest absolute Gasteiger partial charge is 0.399 e. The van der Waals surface area contributed by atoms with E-state index in [-0.39, 0.29) is 11.9 Å². The summed E-state index contributed by atoms with van der Waals surface area (Å²) >= 11 is 0. The summed E-state index contributed by atoms with van der Waals surface area (Å²) in [6.07, 6.45) is 1.69. The molecule has 1 atom stereocenters. The molecule has 0 aromatic heterocycles. The van der Waals surface area contributed by atoms with Crippen molar-refractivity contribution in [1.82, 2.24) is 0 Å². The molecule has 0 saturated heterocycles. The third-order valence-corrected chi connectivity index (χ3v) is 3.89. The number of Topliss-reactive ketones (excluding diaryl/α,β-unsaturated/α-hetero) is 1. The predicted octanol–water partition coefficient (Wildman–Crippen LogP) is 3.08. The van der Waals surface area contributed by atoms with Crippen molar-refractivity contribution in [1.29, 1.82) is 0 Å². The molecular formula is C18H19NO2. The fourth-order valence-electron chi connectivity index (χ4n) is 2.79. The number of anilines is 1.